The van der Waals surface area contributed by atoms with Crippen LogP contribution in [0.1, 0.15) is 38.3 Å². The highest BCUT2D eigenvalue weighted by Crippen LogP contribution is 2.36. The topological polar surface area (TPSA) is 12.0 Å². The first-order valence-electron chi connectivity index (χ1n) is 6.26. The van der Waals surface area contributed by atoms with Crippen molar-refractivity contribution in [1.29, 1.82) is 0 Å². The van der Waals surface area contributed by atoms with E-state index in [0.717, 1.165) is 23.9 Å². The van der Waals surface area contributed by atoms with Gasteiger partial charge in [0, 0.05) is 6.04 Å². The molecule has 0 spiro atoms. The molecule has 0 bridgehead atoms. The summed E-state index contributed by atoms with van der Waals surface area (Å²) in [5, 5.41) is 3.69. The molecule has 0 aliphatic heterocycles. The first kappa shape index (κ1) is 12.8. The summed E-state index contributed by atoms with van der Waals surface area (Å²) >= 11 is 5.78. The Morgan fingerprint density at radius 2 is 2.12 bits per heavy atom. The predicted molar refractivity (Wildman–Crippen MR) is 69.7 cm³/mol. The Kier molecular flexibility index (Phi) is 4.05. The Hall–Kier alpha value is -0.600. The molecule has 0 amide bonds. The average Bonchev–Trinajstić information content (AvgIpc) is 3.13. The number of nitrogens with one attached hydrogen (secondary N) is 1. The molecule has 1 aromatic rings. The van der Waals surface area contributed by atoms with E-state index in [-0.39, 0.29) is 16.9 Å². The Bertz CT molecular complexity index is 390. The van der Waals surface area contributed by atoms with Crippen LogP contribution in [0.4, 0.5) is 4.39 Å². The van der Waals surface area contributed by atoms with Gasteiger partial charge in [0.05, 0.1) is 5.02 Å². The highest BCUT2D eigenvalue weighted by Gasteiger charge is 2.27. The first-order valence-corrected chi connectivity index (χ1v) is 6.64. The SMILES string of the molecule is CC(NCC(C)C1CC1)c1ccc(F)c(Cl)c1. The van der Waals surface area contributed by atoms with Crippen molar-refractivity contribution in [3.05, 3.63) is 34.6 Å². The van der Waals surface area contributed by atoms with Gasteiger partial charge in [0.2, 0.25) is 0 Å². The number of hydrogen-bond donors (Lipinski definition) is 1. The molecule has 0 aromatic heterocycles. The van der Waals surface area contributed by atoms with Gasteiger partial charge in [-0.05, 0) is 55.8 Å². The molecule has 1 N–H and O–H groups in total. The van der Waals surface area contributed by atoms with E-state index < -0.39 is 0 Å². The molecule has 0 radical (unpaired) electrons. The van der Waals surface area contributed by atoms with Crippen LogP contribution in [0.2, 0.25) is 5.02 Å². The van der Waals surface area contributed by atoms with Gasteiger partial charge in [-0.25, -0.2) is 4.39 Å². The fraction of sp³-hybridized carbons (Fsp3) is 0.571. The highest BCUT2D eigenvalue weighted by molar-refractivity contribution is 6.30. The number of rotatable bonds is 5. The Balaban J connectivity index is 1.89. The first-order chi connectivity index (χ1) is 8.08. The summed E-state index contributed by atoms with van der Waals surface area (Å²) in [6.07, 6.45) is 2.75. The number of halogens is 2. The van der Waals surface area contributed by atoms with Crippen molar-refractivity contribution in [3.63, 3.8) is 0 Å². The van der Waals surface area contributed by atoms with Crippen LogP contribution >= 0.6 is 11.6 Å². The molecule has 1 aliphatic rings. The molecule has 94 valence electrons. The van der Waals surface area contributed by atoms with Gasteiger partial charge in [-0.15, -0.1) is 0 Å². The lowest BCUT2D eigenvalue weighted by molar-refractivity contribution is 0.431. The summed E-state index contributed by atoms with van der Waals surface area (Å²) in [6.45, 7) is 5.39. The second-order valence-corrected chi connectivity index (χ2v) is 5.53. The predicted octanol–water partition coefficient (Wildman–Crippen LogP) is 4.18. The van der Waals surface area contributed by atoms with Crippen LogP contribution in [-0.2, 0) is 0 Å². The zero-order valence-corrected chi connectivity index (χ0v) is 11.1. The van der Waals surface area contributed by atoms with E-state index in [1.165, 1.54) is 18.9 Å². The molecule has 2 atom stereocenters. The van der Waals surface area contributed by atoms with Crippen LogP contribution in [0, 0.1) is 17.7 Å². The maximum atomic E-state index is 13.0. The highest BCUT2D eigenvalue weighted by atomic mass is 35.5. The molecule has 1 aliphatic carbocycles. The van der Waals surface area contributed by atoms with Crippen LogP contribution in [0.15, 0.2) is 18.2 Å². The summed E-state index contributed by atoms with van der Waals surface area (Å²) in [4.78, 5) is 0. The fourth-order valence-corrected chi connectivity index (χ4v) is 2.28. The quantitative estimate of drug-likeness (QED) is 0.833. The molecule has 0 heterocycles. The molecule has 0 saturated heterocycles. The molecule has 1 fully saturated rings. The van der Waals surface area contributed by atoms with Crippen molar-refractivity contribution in [1.82, 2.24) is 5.32 Å². The molecular weight excluding hydrogens is 237 g/mol. The van der Waals surface area contributed by atoms with Gasteiger partial charge in [0.15, 0.2) is 0 Å². The minimum absolute atomic E-state index is 0.200. The van der Waals surface area contributed by atoms with E-state index in [0.29, 0.717) is 0 Å². The Labute approximate surface area is 107 Å². The van der Waals surface area contributed by atoms with Gasteiger partial charge >= 0.3 is 0 Å². The van der Waals surface area contributed by atoms with Crippen LogP contribution in [0.3, 0.4) is 0 Å². The zero-order chi connectivity index (χ0) is 12.4. The lowest BCUT2D eigenvalue weighted by Crippen LogP contribution is -2.25. The monoisotopic (exact) mass is 255 g/mol. The standard InChI is InChI=1S/C14H19ClFN/c1-9(11-3-4-11)8-17-10(2)12-5-6-14(16)13(15)7-12/h5-7,9-11,17H,3-4,8H2,1-2H3. The van der Waals surface area contributed by atoms with E-state index in [1.54, 1.807) is 12.1 Å². The third kappa shape index (κ3) is 3.43. The molecule has 1 saturated carbocycles. The van der Waals surface area contributed by atoms with Crippen molar-refractivity contribution >= 4 is 11.6 Å². The summed E-state index contributed by atoms with van der Waals surface area (Å²) in [5.74, 6) is 1.29. The minimum atomic E-state index is -0.353. The van der Waals surface area contributed by atoms with Gasteiger partial charge in [-0.1, -0.05) is 24.6 Å². The van der Waals surface area contributed by atoms with Crippen molar-refractivity contribution in [2.24, 2.45) is 11.8 Å². The smallest absolute Gasteiger partial charge is 0.141 e. The zero-order valence-electron chi connectivity index (χ0n) is 10.3. The lowest BCUT2D eigenvalue weighted by atomic mass is 10.0. The normalized spacial score (nSPS) is 19.1. The fourth-order valence-electron chi connectivity index (χ4n) is 2.09. The Morgan fingerprint density at radius 1 is 1.41 bits per heavy atom. The molecule has 17 heavy (non-hydrogen) atoms. The van der Waals surface area contributed by atoms with Crippen LogP contribution in [0.5, 0.6) is 0 Å². The molecule has 1 nitrogen and oxygen atoms in total. The van der Waals surface area contributed by atoms with Crippen LogP contribution < -0.4 is 5.32 Å². The average molecular weight is 256 g/mol. The molecule has 3 heteroatoms. The van der Waals surface area contributed by atoms with Gasteiger partial charge < -0.3 is 5.32 Å². The van der Waals surface area contributed by atoms with E-state index in [9.17, 15) is 4.39 Å². The molecular formula is C14H19ClFN. The Morgan fingerprint density at radius 3 is 2.71 bits per heavy atom. The third-order valence-corrected chi connectivity index (χ3v) is 3.91. The molecule has 2 rings (SSSR count). The minimum Gasteiger partial charge on any atom is -0.310 e. The van der Waals surface area contributed by atoms with E-state index >= 15 is 0 Å². The summed E-state index contributed by atoms with van der Waals surface area (Å²) in [5.41, 5.74) is 1.04. The van der Waals surface area contributed by atoms with E-state index in [4.69, 9.17) is 11.6 Å². The third-order valence-electron chi connectivity index (χ3n) is 3.62. The summed E-state index contributed by atoms with van der Waals surface area (Å²) < 4.78 is 13.0. The molecule has 2 unspecified atom stereocenters. The van der Waals surface area contributed by atoms with Crippen LogP contribution in [0.25, 0.3) is 0 Å². The number of hydrogen-bond acceptors (Lipinski definition) is 1. The lowest BCUT2D eigenvalue weighted by Gasteiger charge is -2.18. The van der Waals surface area contributed by atoms with Crippen molar-refractivity contribution in [2.75, 3.05) is 6.54 Å². The maximum absolute atomic E-state index is 13.0. The van der Waals surface area contributed by atoms with Gasteiger partial charge in [-0.2, -0.15) is 0 Å². The van der Waals surface area contributed by atoms with Crippen molar-refractivity contribution in [3.8, 4) is 0 Å². The second-order valence-electron chi connectivity index (χ2n) is 5.12. The molecule has 1 aromatic carbocycles. The van der Waals surface area contributed by atoms with Gasteiger partial charge in [0.1, 0.15) is 5.82 Å². The summed E-state index contributed by atoms with van der Waals surface area (Å²) in [7, 11) is 0. The van der Waals surface area contributed by atoms with E-state index in [2.05, 4.69) is 19.2 Å². The second kappa shape index (κ2) is 5.36. The number of benzene rings is 1. The van der Waals surface area contributed by atoms with Crippen molar-refractivity contribution in [2.45, 2.75) is 32.7 Å². The maximum Gasteiger partial charge on any atom is 0.141 e. The van der Waals surface area contributed by atoms with Crippen molar-refractivity contribution < 1.29 is 4.39 Å². The van der Waals surface area contributed by atoms with Gasteiger partial charge in [0.25, 0.3) is 0 Å². The largest absolute Gasteiger partial charge is 0.310 e. The van der Waals surface area contributed by atoms with Crippen LogP contribution in [-0.4, -0.2) is 6.54 Å². The summed E-state index contributed by atoms with van der Waals surface area (Å²) in [6, 6.07) is 5.14. The van der Waals surface area contributed by atoms with E-state index in [1.807, 2.05) is 0 Å². The van der Waals surface area contributed by atoms with Gasteiger partial charge in [-0.3, -0.25) is 0 Å².